The number of aliphatic imine (C=N–C) groups is 1. The van der Waals surface area contributed by atoms with Gasteiger partial charge >= 0.3 is 0 Å². The standard InChI is InChI=1S/C26H28ClFN6O2S2/c1-15(13-34(29-2)18-4-5-18)23-22-12-17(32-38(35,36)19-6-7-19)14-33(22)25(26-30-9-10-37-26)31-24(23)20-8-3-16(28)11-21(20)27/h3,8-11,13,17-19,24,32H,2,4-7,12,14H2,1H3/b15-13+/t17-,24-/m0/s1. The predicted octanol–water partition coefficient (Wildman–Crippen LogP) is 4.83. The summed E-state index contributed by atoms with van der Waals surface area (Å²) in [5, 5.41) is 8.66. The van der Waals surface area contributed by atoms with E-state index in [1.807, 2.05) is 23.5 Å². The molecule has 0 bridgehead atoms. The van der Waals surface area contributed by atoms with Crippen molar-refractivity contribution in [2.75, 3.05) is 6.54 Å². The van der Waals surface area contributed by atoms with Gasteiger partial charge in [-0.05, 0) is 55.9 Å². The minimum Gasteiger partial charge on any atom is -0.326 e. The largest absolute Gasteiger partial charge is 0.326 e. The van der Waals surface area contributed by atoms with Crippen molar-refractivity contribution in [1.82, 2.24) is 19.6 Å². The van der Waals surface area contributed by atoms with Crippen molar-refractivity contribution < 1.29 is 12.8 Å². The molecule has 2 aromatic rings. The first-order valence-corrected chi connectivity index (χ1v) is 15.4. The van der Waals surface area contributed by atoms with E-state index in [2.05, 4.69) is 26.4 Å². The monoisotopic (exact) mass is 574 g/mol. The number of nitrogens with zero attached hydrogens (tertiary/aromatic N) is 5. The topological polar surface area (TPSA) is 90.3 Å². The third kappa shape index (κ3) is 4.92. The minimum absolute atomic E-state index is 0.279. The van der Waals surface area contributed by atoms with Gasteiger partial charge in [-0.1, -0.05) is 17.7 Å². The zero-order valence-corrected chi connectivity index (χ0v) is 23.2. The maximum Gasteiger partial charge on any atom is 0.214 e. The number of hydrogen-bond acceptors (Lipinski definition) is 8. The molecular weight excluding hydrogens is 547 g/mol. The lowest BCUT2D eigenvalue weighted by molar-refractivity contribution is 0.388. The first-order valence-electron chi connectivity index (χ1n) is 12.6. The fourth-order valence-corrected chi connectivity index (χ4v) is 7.66. The first kappa shape index (κ1) is 25.7. The summed E-state index contributed by atoms with van der Waals surface area (Å²) >= 11 is 8.05. The zero-order valence-electron chi connectivity index (χ0n) is 20.8. The highest BCUT2D eigenvalue weighted by atomic mass is 35.5. The molecule has 4 aliphatic rings. The second kappa shape index (κ2) is 9.86. The van der Waals surface area contributed by atoms with Crippen LogP contribution in [0.15, 0.2) is 62.9 Å². The third-order valence-corrected chi connectivity index (χ3v) is 10.4. The molecule has 2 atom stereocenters. The van der Waals surface area contributed by atoms with E-state index < -0.39 is 21.9 Å². The third-order valence-electron chi connectivity index (χ3n) is 7.27. The number of benzene rings is 1. The molecule has 0 spiro atoms. The van der Waals surface area contributed by atoms with Crippen molar-refractivity contribution >= 4 is 45.5 Å². The van der Waals surface area contributed by atoms with Gasteiger partial charge in [0.05, 0.1) is 11.3 Å². The Kier molecular flexibility index (Phi) is 6.66. The van der Waals surface area contributed by atoms with Gasteiger partial charge in [0.25, 0.3) is 0 Å². The van der Waals surface area contributed by atoms with Gasteiger partial charge in [0.1, 0.15) is 11.9 Å². The first-order chi connectivity index (χ1) is 18.2. The fourth-order valence-electron chi connectivity index (χ4n) is 5.17. The Balaban J connectivity index is 1.49. The van der Waals surface area contributed by atoms with Gasteiger partial charge in [-0.2, -0.15) is 5.10 Å². The van der Waals surface area contributed by atoms with E-state index in [9.17, 15) is 12.8 Å². The van der Waals surface area contributed by atoms with Crippen molar-refractivity contribution in [3.63, 3.8) is 0 Å². The van der Waals surface area contributed by atoms with Crippen LogP contribution in [0.2, 0.25) is 5.02 Å². The summed E-state index contributed by atoms with van der Waals surface area (Å²) < 4.78 is 42.6. The molecule has 1 aromatic carbocycles. The number of halogens is 2. The van der Waals surface area contributed by atoms with Gasteiger partial charge < -0.3 is 4.90 Å². The average Bonchev–Trinajstić information content (AvgIpc) is 3.80. The zero-order chi connectivity index (χ0) is 26.6. The van der Waals surface area contributed by atoms with E-state index in [0.29, 0.717) is 43.2 Å². The summed E-state index contributed by atoms with van der Waals surface area (Å²) in [7, 11) is -3.39. The van der Waals surface area contributed by atoms with Crippen LogP contribution in [0.3, 0.4) is 0 Å². The maximum atomic E-state index is 14.0. The van der Waals surface area contributed by atoms with E-state index in [1.165, 1.54) is 23.5 Å². The lowest BCUT2D eigenvalue weighted by Gasteiger charge is -2.33. The molecule has 12 heteroatoms. The highest BCUT2D eigenvalue weighted by Gasteiger charge is 2.44. The number of hydrogen-bond donors (Lipinski definition) is 1. The molecule has 38 heavy (non-hydrogen) atoms. The number of rotatable bonds is 9. The van der Waals surface area contributed by atoms with Gasteiger partial charge in [0, 0.05) is 59.8 Å². The van der Waals surface area contributed by atoms with Gasteiger partial charge in [0.2, 0.25) is 10.0 Å². The molecule has 8 nitrogen and oxygen atoms in total. The predicted molar refractivity (Wildman–Crippen MR) is 148 cm³/mol. The molecule has 3 fully saturated rings. The summed E-state index contributed by atoms with van der Waals surface area (Å²) in [6.07, 6.45) is 7.67. The second-order valence-electron chi connectivity index (χ2n) is 10.2. The second-order valence-corrected chi connectivity index (χ2v) is 13.5. The number of hydrazone groups is 1. The Morgan fingerprint density at radius 1 is 1.34 bits per heavy atom. The lowest BCUT2D eigenvalue weighted by Crippen LogP contribution is -2.40. The van der Waals surface area contributed by atoms with Gasteiger partial charge in [-0.15, -0.1) is 11.3 Å². The van der Waals surface area contributed by atoms with E-state index in [4.69, 9.17) is 16.6 Å². The average molecular weight is 575 g/mol. The highest BCUT2D eigenvalue weighted by molar-refractivity contribution is 7.90. The van der Waals surface area contributed by atoms with Crippen LogP contribution in [-0.2, 0) is 10.0 Å². The number of aromatic nitrogens is 1. The van der Waals surface area contributed by atoms with Gasteiger partial charge in [-0.3, -0.25) is 10.0 Å². The Hall–Kier alpha value is -2.60. The minimum atomic E-state index is -3.39. The van der Waals surface area contributed by atoms with Crippen LogP contribution < -0.4 is 4.72 Å². The van der Waals surface area contributed by atoms with E-state index in [-0.39, 0.29) is 16.3 Å². The number of thiazole rings is 1. The number of sulfonamides is 1. The van der Waals surface area contributed by atoms with Crippen molar-refractivity contribution in [3.05, 3.63) is 74.2 Å². The SMILES string of the molecule is C=NN(/C=C(\C)C1=C2C[C@H](NS(=O)(=O)C3CC3)CN2C(c2nccs2)=N[C@H]1c1ccc(F)cc1Cl)C1CC1. The molecular formula is C26H28ClFN6O2S2. The molecule has 2 aliphatic heterocycles. The van der Waals surface area contributed by atoms with Crippen LogP contribution >= 0.6 is 22.9 Å². The van der Waals surface area contributed by atoms with Gasteiger partial charge in [0.15, 0.2) is 10.8 Å². The summed E-state index contributed by atoms with van der Waals surface area (Å²) in [6.45, 7) is 6.17. The molecule has 2 saturated carbocycles. The summed E-state index contributed by atoms with van der Waals surface area (Å²) in [4.78, 5) is 11.7. The fraction of sp³-hybridized carbons (Fsp3) is 0.423. The molecule has 0 unspecified atom stereocenters. The molecule has 2 aliphatic carbocycles. The summed E-state index contributed by atoms with van der Waals surface area (Å²) in [5.74, 6) is 0.235. The number of fused-ring (bicyclic) bond motifs is 1. The number of nitrogens with one attached hydrogen (secondary N) is 1. The van der Waals surface area contributed by atoms with Crippen LogP contribution in [0.25, 0.3) is 0 Å². The Morgan fingerprint density at radius 3 is 2.76 bits per heavy atom. The van der Waals surface area contributed by atoms with Crippen LogP contribution in [0.5, 0.6) is 0 Å². The summed E-state index contributed by atoms with van der Waals surface area (Å²) in [5.41, 5.74) is 3.44. The Bertz CT molecular complexity index is 1460. The van der Waals surface area contributed by atoms with Crippen molar-refractivity contribution in [2.24, 2.45) is 10.1 Å². The molecule has 1 aromatic heterocycles. The molecule has 1 N–H and O–H groups in total. The summed E-state index contributed by atoms with van der Waals surface area (Å²) in [6, 6.07) is 3.82. The van der Waals surface area contributed by atoms with Crippen LogP contribution in [0.4, 0.5) is 4.39 Å². The van der Waals surface area contributed by atoms with Gasteiger partial charge in [-0.25, -0.2) is 22.5 Å². The van der Waals surface area contributed by atoms with Crippen molar-refractivity contribution in [1.29, 1.82) is 0 Å². The van der Waals surface area contributed by atoms with Crippen LogP contribution in [-0.4, -0.2) is 59.7 Å². The molecule has 200 valence electrons. The van der Waals surface area contributed by atoms with Crippen LogP contribution in [0, 0.1) is 5.82 Å². The molecule has 0 radical (unpaired) electrons. The van der Waals surface area contributed by atoms with E-state index >= 15 is 0 Å². The molecule has 6 rings (SSSR count). The normalized spacial score (nSPS) is 23.9. The number of amidine groups is 1. The van der Waals surface area contributed by atoms with E-state index in [1.54, 1.807) is 12.3 Å². The molecule has 3 heterocycles. The Labute approximate surface area is 230 Å². The molecule has 1 saturated heterocycles. The Morgan fingerprint density at radius 2 is 2.13 bits per heavy atom. The van der Waals surface area contributed by atoms with Crippen LogP contribution in [0.1, 0.15) is 55.6 Å². The van der Waals surface area contributed by atoms with E-state index in [0.717, 1.165) is 34.7 Å². The quantitative estimate of drug-likeness (QED) is 0.342. The molecule has 0 amide bonds. The highest BCUT2D eigenvalue weighted by Crippen LogP contribution is 2.45. The lowest BCUT2D eigenvalue weighted by atomic mass is 9.90. The van der Waals surface area contributed by atoms with Crippen molar-refractivity contribution in [3.8, 4) is 0 Å². The smallest absolute Gasteiger partial charge is 0.214 e. The maximum absolute atomic E-state index is 14.0. The van der Waals surface area contributed by atoms with Crippen molar-refractivity contribution in [2.45, 2.75) is 62.4 Å².